The van der Waals surface area contributed by atoms with E-state index in [0.717, 1.165) is 4.47 Å². The zero-order valence-corrected chi connectivity index (χ0v) is 25.1. The Morgan fingerprint density at radius 1 is 0.405 bits per heavy atom. The van der Waals surface area contributed by atoms with Crippen LogP contribution in [0.4, 0.5) is 0 Å². The molecule has 0 spiro atoms. The predicted octanol–water partition coefficient (Wildman–Crippen LogP) is 12.2. The lowest BCUT2D eigenvalue weighted by Gasteiger charge is -2.23. The normalized spacial score (nSPS) is 13.8. The molecule has 0 saturated heterocycles. The van der Waals surface area contributed by atoms with Crippen LogP contribution in [-0.4, -0.2) is 0 Å². The van der Waals surface area contributed by atoms with Crippen LogP contribution in [0.1, 0.15) is 25.0 Å². The van der Waals surface area contributed by atoms with Crippen LogP contribution in [0.3, 0.4) is 0 Å². The lowest BCUT2D eigenvalue weighted by Crippen LogP contribution is -2.15. The molecular weight excluding hydrogens is 572 g/mol. The Labute approximate surface area is 253 Å². The van der Waals surface area contributed by atoms with Crippen molar-refractivity contribution < 1.29 is 0 Å². The van der Waals surface area contributed by atoms with Crippen LogP contribution in [0.25, 0.3) is 76.1 Å². The molecule has 0 unspecified atom stereocenters. The molecule has 0 aromatic heterocycles. The maximum absolute atomic E-state index is 3.93. The number of halogens is 1. The molecule has 0 nitrogen and oxygen atoms in total. The van der Waals surface area contributed by atoms with Crippen molar-refractivity contribution in [3.05, 3.63) is 143 Å². The average Bonchev–Trinajstić information content (AvgIpc) is 3.26. The van der Waals surface area contributed by atoms with Crippen molar-refractivity contribution in [3.8, 4) is 22.3 Å². The molecule has 1 heteroatoms. The Kier molecular flexibility index (Phi) is 4.91. The second-order valence-electron chi connectivity index (χ2n) is 12.2. The highest BCUT2D eigenvalue weighted by Gasteiger charge is 2.36. The molecule has 1 aliphatic rings. The summed E-state index contributed by atoms with van der Waals surface area (Å²) >= 11 is 3.93. The first kappa shape index (κ1) is 24.2. The number of fused-ring (bicyclic) bond motifs is 11. The molecule has 0 saturated carbocycles. The number of hydrogen-bond donors (Lipinski definition) is 0. The minimum Gasteiger partial charge on any atom is -0.0616 e. The van der Waals surface area contributed by atoms with Crippen molar-refractivity contribution in [2.45, 2.75) is 19.3 Å². The van der Waals surface area contributed by atoms with Gasteiger partial charge in [-0.05, 0) is 121 Å². The fraction of sp³-hybridized carbons (Fsp3) is 0.0732. The summed E-state index contributed by atoms with van der Waals surface area (Å²) < 4.78 is 1.16. The van der Waals surface area contributed by atoms with E-state index in [9.17, 15) is 0 Å². The van der Waals surface area contributed by atoms with Gasteiger partial charge in [0.2, 0.25) is 0 Å². The van der Waals surface area contributed by atoms with Gasteiger partial charge in [0.25, 0.3) is 0 Å². The topological polar surface area (TPSA) is 0 Å². The minimum absolute atomic E-state index is 0.122. The third-order valence-electron chi connectivity index (χ3n) is 9.69. The van der Waals surface area contributed by atoms with Crippen molar-refractivity contribution in [1.82, 2.24) is 0 Å². The summed E-state index contributed by atoms with van der Waals surface area (Å²) in [4.78, 5) is 0. The van der Waals surface area contributed by atoms with Gasteiger partial charge in [-0.2, -0.15) is 0 Å². The molecule has 0 fully saturated rings. The zero-order valence-electron chi connectivity index (χ0n) is 23.5. The van der Waals surface area contributed by atoms with Crippen molar-refractivity contribution >= 4 is 69.8 Å². The Bertz CT molecular complexity index is 2390. The molecule has 8 aromatic carbocycles. The van der Waals surface area contributed by atoms with Crippen molar-refractivity contribution in [1.29, 1.82) is 0 Å². The van der Waals surface area contributed by atoms with E-state index in [1.807, 2.05) is 0 Å². The van der Waals surface area contributed by atoms with Crippen LogP contribution in [0.5, 0.6) is 0 Å². The molecule has 9 rings (SSSR count). The lowest BCUT2D eigenvalue weighted by molar-refractivity contribution is 0.661. The predicted molar refractivity (Wildman–Crippen MR) is 185 cm³/mol. The summed E-state index contributed by atoms with van der Waals surface area (Å²) in [5.74, 6) is 0. The standard InChI is InChI=1S/C41H27Br/c1-41(2)37-21-24(39-30-15-7-9-17-32(30)40(42)33-18-10-8-16-31(33)39)19-20-29(37)36-22-34-27-13-5-3-11-25(27)26-12-4-6-14-28(26)35(34)23-38(36)41/h3-23H,1-2H3. The Morgan fingerprint density at radius 3 is 1.38 bits per heavy atom. The molecular formula is C41H27Br. The molecule has 0 amide bonds. The molecule has 0 radical (unpaired) electrons. The van der Waals surface area contributed by atoms with E-state index in [2.05, 4.69) is 157 Å². The molecule has 198 valence electrons. The highest BCUT2D eigenvalue weighted by Crippen LogP contribution is 2.53. The van der Waals surface area contributed by atoms with Gasteiger partial charge in [-0.15, -0.1) is 0 Å². The fourth-order valence-corrected chi connectivity index (χ4v) is 8.37. The third kappa shape index (κ3) is 3.12. The van der Waals surface area contributed by atoms with Crippen molar-refractivity contribution in [2.75, 3.05) is 0 Å². The molecule has 0 atom stereocenters. The van der Waals surface area contributed by atoms with E-state index in [0.29, 0.717) is 0 Å². The first-order valence-electron chi connectivity index (χ1n) is 14.6. The molecule has 0 bridgehead atoms. The number of rotatable bonds is 1. The van der Waals surface area contributed by atoms with Gasteiger partial charge >= 0.3 is 0 Å². The van der Waals surface area contributed by atoms with E-state index in [1.165, 1.54) is 87.2 Å². The van der Waals surface area contributed by atoms with Gasteiger partial charge in [0.15, 0.2) is 0 Å². The number of benzene rings is 8. The summed E-state index contributed by atoms with van der Waals surface area (Å²) in [6.07, 6.45) is 0. The molecule has 0 N–H and O–H groups in total. The summed E-state index contributed by atoms with van der Waals surface area (Å²) in [6, 6.07) is 47.4. The fourth-order valence-electron chi connectivity index (χ4n) is 7.67. The molecule has 42 heavy (non-hydrogen) atoms. The Balaban J connectivity index is 1.35. The van der Waals surface area contributed by atoms with Gasteiger partial charge in [0, 0.05) is 9.89 Å². The smallest absolute Gasteiger partial charge is 0.0332 e. The second kappa shape index (κ2) is 8.53. The molecule has 0 aliphatic heterocycles. The maximum Gasteiger partial charge on any atom is 0.0332 e. The maximum atomic E-state index is 3.93. The number of hydrogen-bond acceptors (Lipinski definition) is 0. The highest BCUT2D eigenvalue weighted by molar-refractivity contribution is 9.10. The summed E-state index contributed by atoms with van der Waals surface area (Å²) in [6.45, 7) is 4.79. The van der Waals surface area contributed by atoms with Crippen LogP contribution < -0.4 is 0 Å². The van der Waals surface area contributed by atoms with E-state index < -0.39 is 0 Å². The van der Waals surface area contributed by atoms with Crippen molar-refractivity contribution in [2.24, 2.45) is 0 Å². The summed E-state index contributed by atoms with van der Waals surface area (Å²) in [5, 5.41) is 13.0. The van der Waals surface area contributed by atoms with E-state index in [-0.39, 0.29) is 5.41 Å². The Hall–Kier alpha value is -4.46. The first-order valence-corrected chi connectivity index (χ1v) is 15.4. The summed E-state index contributed by atoms with van der Waals surface area (Å²) in [7, 11) is 0. The van der Waals surface area contributed by atoms with Crippen LogP contribution in [0.2, 0.25) is 0 Å². The van der Waals surface area contributed by atoms with Crippen molar-refractivity contribution in [3.63, 3.8) is 0 Å². The lowest BCUT2D eigenvalue weighted by atomic mass is 9.80. The molecule has 1 aliphatic carbocycles. The van der Waals surface area contributed by atoms with Crippen LogP contribution in [-0.2, 0) is 5.41 Å². The van der Waals surface area contributed by atoms with Crippen LogP contribution in [0.15, 0.2) is 132 Å². The molecule has 8 aromatic rings. The minimum atomic E-state index is -0.122. The average molecular weight is 600 g/mol. The SMILES string of the molecule is CC1(C)c2cc(-c3c4ccccc4c(Br)c4ccccc34)ccc2-c2cc3c4ccccc4c4ccccc4c3cc21. The largest absolute Gasteiger partial charge is 0.0616 e. The van der Waals surface area contributed by atoms with E-state index >= 15 is 0 Å². The van der Waals surface area contributed by atoms with Gasteiger partial charge < -0.3 is 0 Å². The first-order chi connectivity index (χ1) is 20.5. The zero-order chi connectivity index (χ0) is 28.2. The molecule has 0 heterocycles. The Morgan fingerprint density at radius 2 is 0.833 bits per heavy atom. The van der Waals surface area contributed by atoms with E-state index in [1.54, 1.807) is 0 Å². The monoisotopic (exact) mass is 598 g/mol. The van der Waals surface area contributed by atoms with Crippen LogP contribution >= 0.6 is 15.9 Å². The van der Waals surface area contributed by atoms with Gasteiger partial charge in [-0.1, -0.05) is 123 Å². The van der Waals surface area contributed by atoms with Gasteiger partial charge in [0.1, 0.15) is 0 Å². The van der Waals surface area contributed by atoms with E-state index in [4.69, 9.17) is 0 Å². The van der Waals surface area contributed by atoms with Crippen LogP contribution in [0, 0.1) is 0 Å². The third-order valence-corrected chi connectivity index (χ3v) is 10.5. The van der Waals surface area contributed by atoms with Gasteiger partial charge in [-0.25, -0.2) is 0 Å². The second-order valence-corrected chi connectivity index (χ2v) is 13.0. The van der Waals surface area contributed by atoms with Gasteiger partial charge in [-0.3, -0.25) is 0 Å². The summed E-state index contributed by atoms with van der Waals surface area (Å²) in [5.41, 5.74) is 7.98. The highest BCUT2D eigenvalue weighted by atomic mass is 79.9. The van der Waals surface area contributed by atoms with Gasteiger partial charge in [0.05, 0.1) is 0 Å². The quantitative estimate of drug-likeness (QED) is 0.130.